The zero-order valence-corrected chi connectivity index (χ0v) is 17.1. The molecule has 2 N–H and O–H groups in total. The second-order valence-electron chi connectivity index (χ2n) is 8.56. The summed E-state index contributed by atoms with van der Waals surface area (Å²) in [6.45, 7) is 3.02. The molecule has 29 heavy (non-hydrogen) atoms. The van der Waals surface area contributed by atoms with Gasteiger partial charge in [-0.3, -0.25) is 4.79 Å². The molecule has 0 amide bonds. The minimum Gasteiger partial charge on any atom is -0.486 e. The number of carboxylic acid groups (broad SMARTS) is 1. The predicted octanol–water partition coefficient (Wildman–Crippen LogP) is 5.68. The number of nitrogens with one attached hydrogen (secondary N) is 1. The Kier molecular flexibility index (Phi) is 6.08. The van der Waals surface area contributed by atoms with E-state index in [0.717, 1.165) is 50.1 Å². The van der Waals surface area contributed by atoms with Gasteiger partial charge in [0, 0.05) is 6.42 Å². The molecule has 4 rings (SSSR count). The maximum atomic E-state index is 10.9. The van der Waals surface area contributed by atoms with Gasteiger partial charge in [-0.2, -0.15) is 0 Å². The number of hydrogen-bond donors (Lipinski definition) is 2. The van der Waals surface area contributed by atoms with Gasteiger partial charge in [0.1, 0.15) is 11.9 Å². The molecule has 0 radical (unpaired) electrons. The Bertz CT molecular complexity index is 830. The number of benzene rings is 1. The van der Waals surface area contributed by atoms with Crippen molar-refractivity contribution in [2.45, 2.75) is 51.6 Å². The number of aliphatic carboxylic acids is 1. The summed E-state index contributed by atoms with van der Waals surface area (Å²) in [5.74, 6) is 1.67. The molecule has 2 unspecified atom stereocenters. The molecule has 0 bridgehead atoms. The van der Waals surface area contributed by atoms with E-state index in [1.807, 2.05) is 0 Å². The van der Waals surface area contributed by atoms with Crippen LogP contribution < -0.4 is 10.1 Å². The molecule has 1 aromatic carbocycles. The van der Waals surface area contributed by atoms with Crippen molar-refractivity contribution >= 4 is 17.2 Å². The van der Waals surface area contributed by atoms with E-state index in [-0.39, 0.29) is 6.10 Å². The highest BCUT2D eigenvalue weighted by Gasteiger charge is 2.26. The number of ether oxygens (including phenoxy) is 1. The van der Waals surface area contributed by atoms with Gasteiger partial charge >= 0.3 is 5.97 Å². The van der Waals surface area contributed by atoms with Gasteiger partial charge in [0.2, 0.25) is 0 Å². The van der Waals surface area contributed by atoms with Crippen LogP contribution in [-0.2, 0) is 4.79 Å². The molecule has 3 aliphatic rings. The van der Waals surface area contributed by atoms with E-state index in [4.69, 9.17) is 9.84 Å². The van der Waals surface area contributed by atoms with E-state index in [1.165, 1.54) is 11.1 Å². The molecule has 4 nitrogen and oxygen atoms in total. The molecule has 2 atom stereocenters. The smallest absolute Gasteiger partial charge is 0.303 e. The summed E-state index contributed by atoms with van der Waals surface area (Å²) in [6, 6.07) is 6.41. The second-order valence-corrected chi connectivity index (χ2v) is 8.56. The van der Waals surface area contributed by atoms with Crippen molar-refractivity contribution < 1.29 is 14.6 Å². The Morgan fingerprint density at radius 2 is 2.03 bits per heavy atom. The van der Waals surface area contributed by atoms with Crippen LogP contribution in [0.15, 0.2) is 48.6 Å². The lowest BCUT2D eigenvalue weighted by Gasteiger charge is -2.30. The van der Waals surface area contributed by atoms with E-state index < -0.39 is 5.97 Å². The standard InChI is InChI=1S/C25H31NO3/c1-2-22-16-26-23-13-12-21(15-24(23)29-22)19-5-3-4-18(10-11-19)20-8-6-17(7-9-20)14-25(27)28/h3-5,10-13,15,17-18,20,22,26H,2,6-9,14,16H2,1H3,(H,27,28). The SMILES string of the molecule is CCC1CNc2ccc(C3=CC=CC(C4CCC(CC(=O)O)CC4)C=C3)cc2O1. The van der Waals surface area contributed by atoms with Crippen molar-refractivity contribution in [2.75, 3.05) is 11.9 Å². The van der Waals surface area contributed by atoms with E-state index in [2.05, 4.69) is 60.8 Å². The first-order valence-corrected chi connectivity index (χ1v) is 11.0. The van der Waals surface area contributed by atoms with E-state index >= 15 is 0 Å². The molecule has 0 saturated heterocycles. The lowest BCUT2D eigenvalue weighted by atomic mass is 9.74. The number of anilines is 1. The zero-order valence-electron chi connectivity index (χ0n) is 17.1. The molecule has 4 heteroatoms. The Labute approximate surface area is 173 Å². The third-order valence-corrected chi connectivity index (χ3v) is 6.59. The molecular formula is C25H31NO3. The normalized spacial score (nSPS) is 28.5. The van der Waals surface area contributed by atoms with E-state index in [9.17, 15) is 4.79 Å². The fourth-order valence-corrected chi connectivity index (χ4v) is 4.77. The Morgan fingerprint density at radius 1 is 1.21 bits per heavy atom. The van der Waals surface area contributed by atoms with Gasteiger partial charge < -0.3 is 15.2 Å². The average Bonchev–Trinajstić information content (AvgIpc) is 2.99. The van der Waals surface area contributed by atoms with E-state index in [1.54, 1.807) is 0 Å². The van der Waals surface area contributed by atoms with Crippen LogP contribution in [0.1, 0.15) is 51.0 Å². The summed E-state index contributed by atoms with van der Waals surface area (Å²) >= 11 is 0. The number of fused-ring (bicyclic) bond motifs is 1. The lowest BCUT2D eigenvalue weighted by molar-refractivity contribution is -0.138. The first kappa shape index (κ1) is 19.8. The Hall–Kier alpha value is -2.49. The van der Waals surface area contributed by atoms with Gasteiger partial charge in [0.25, 0.3) is 0 Å². The number of allylic oxidation sites excluding steroid dienone is 6. The van der Waals surface area contributed by atoms with Crippen molar-refractivity contribution in [1.29, 1.82) is 0 Å². The molecule has 1 heterocycles. The van der Waals surface area contributed by atoms with Gasteiger partial charge in [0.15, 0.2) is 0 Å². The molecular weight excluding hydrogens is 362 g/mol. The van der Waals surface area contributed by atoms with Crippen LogP contribution in [0.3, 0.4) is 0 Å². The van der Waals surface area contributed by atoms with Crippen molar-refractivity contribution in [3.05, 3.63) is 54.1 Å². The zero-order chi connectivity index (χ0) is 20.2. The molecule has 1 aliphatic heterocycles. The Morgan fingerprint density at radius 3 is 2.79 bits per heavy atom. The van der Waals surface area contributed by atoms with Crippen LogP contribution >= 0.6 is 0 Å². The Balaban J connectivity index is 1.41. The quantitative estimate of drug-likeness (QED) is 0.676. The molecule has 0 aromatic heterocycles. The highest BCUT2D eigenvalue weighted by atomic mass is 16.5. The highest BCUT2D eigenvalue weighted by Crippen LogP contribution is 2.38. The molecule has 154 valence electrons. The van der Waals surface area contributed by atoms with Gasteiger partial charge in [-0.05, 0) is 73.1 Å². The maximum absolute atomic E-state index is 10.9. The monoisotopic (exact) mass is 393 g/mol. The summed E-state index contributed by atoms with van der Waals surface area (Å²) in [5, 5.41) is 12.5. The number of hydrogen-bond acceptors (Lipinski definition) is 3. The molecule has 1 aromatic rings. The van der Waals surface area contributed by atoms with Crippen LogP contribution in [-0.4, -0.2) is 23.7 Å². The number of carboxylic acids is 1. The summed E-state index contributed by atoms with van der Waals surface area (Å²) in [7, 11) is 0. The van der Waals surface area contributed by atoms with Crippen LogP contribution in [0.5, 0.6) is 5.75 Å². The molecule has 0 spiro atoms. The molecule has 2 aliphatic carbocycles. The lowest BCUT2D eigenvalue weighted by Crippen LogP contribution is -2.29. The van der Waals surface area contributed by atoms with Crippen molar-refractivity contribution in [3.63, 3.8) is 0 Å². The van der Waals surface area contributed by atoms with Crippen LogP contribution in [0.2, 0.25) is 0 Å². The predicted molar refractivity (Wildman–Crippen MR) is 117 cm³/mol. The van der Waals surface area contributed by atoms with Gasteiger partial charge in [-0.25, -0.2) is 0 Å². The fourth-order valence-electron chi connectivity index (χ4n) is 4.77. The summed E-state index contributed by atoms with van der Waals surface area (Å²) in [4.78, 5) is 10.9. The van der Waals surface area contributed by atoms with Crippen LogP contribution in [0.25, 0.3) is 5.57 Å². The topological polar surface area (TPSA) is 58.6 Å². The van der Waals surface area contributed by atoms with Gasteiger partial charge in [0.05, 0.1) is 12.2 Å². The van der Waals surface area contributed by atoms with Crippen molar-refractivity contribution in [3.8, 4) is 5.75 Å². The van der Waals surface area contributed by atoms with E-state index in [0.29, 0.717) is 24.2 Å². The minimum absolute atomic E-state index is 0.233. The maximum Gasteiger partial charge on any atom is 0.303 e. The fraction of sp³-hybridized carbons (Fsp3) is 0.480. The van der Waals surface area contributed by atoms with Gasteiger partial charge in [-0.15, -0.1) is 0 Å². The number of rotatable bonds is 5. The van der Waals surface area contributed by atoms with Crippen molar-refractivity contribution in [1.82, 2.24) is 0 Å². The first-order chi connectivity index (χ1) is 14.1. The van der Waals surface area contributed by atoms with Crippen LogP contribution in [0.4, 0.5) is 5.69 Å². The number of carbonyl (C=O) groups is 1. The highest BCUT2D eigenvalue weighted by molar-refractivity contribution is 5.78. The summed E-state index contributed by atoms with van der Waals surface area (Å²) < 4.78 is 6.12. The minimum atomic E-state index is -0.661. The summed E-state index contributed by atoms with van der Waals surface area (Å²) in [6.07, 6.45) is 17.1. The third-order valence-electron chi connectivity index (χ3n) is 6.59. The molecule has 1 fully saturated rings. The second kappa shape index (κ2) is 8.89. The van der Waals surface area contributed by atoms with Gasteiger partial charge in [-0.1, -0.05) is 43.4 Å². The third kappa shape index (κ3) is 4.75. The largest absolute Gasteiger partial charge is 0.486 e. The summed E-state index contributed by atoms with van der Waals surface area (Å²) in [5.41, 5.74) is 3.45. The van der Waals surface area contributed by atoms with Crippen molar-refractivity contribution in [2.24, 2.45) is 17.8 Å². The van der Waals surface area contributed by atoms with Crippen LogP contribution in [0, 0.1) is 17.8 Å². The molecule has 1 saturated carbocycles. The average molecular weight is 394 g/mol. The first-order valence-electron chi connectivity index (χ1n) is 11.0.